The van der Waals surface area contributed by atoms with Crippen LogP contribution in [0.3, 0.4) is 0 Å². The van der Waals surface area contributed by atoms with E-state index in [-0.39, 0.29) is 18.2 Å². The largest absolute Gasteiger partial charge is 0.312 e. The van der Waals surface area contributed by atoms with Crippen molar-refractivity contribution in [2.75, 3.05) is 16.8 Å². The third-order valence-corrected chi connectivity index (χ3v) is 5.30. The van der Waals surface area contributed by atoms with E-state index in [1.54, 1.807) is 35.5 Å². The summed E-state index contributed by atoms with van der Waals surface area (Å²) in [4.78, 5) is 35.0. The first-order valence-corrected chi connectivity index (χ1v) is 9.58. The van der Waals surface area contributed by atoms with Crippen molar-refractivity contribution in [2.45, 2.75) is 6.42 Å². The van der Waals surface area contributed by atoms with Crippen molar-refractivity contribution in [2.24, 2.45) is 5.92 Å². The van der Waals surface area contributed by atoms with Crippen LogP contribution in [0.2, 0.25) is 5.02 Å². The maximum atomic E-state index is 12.6. The van der Waals surface area contributed by atoms with Crippen LogP contribution in [-0.4, -0.2) is 28.3 Å². The summed E-state index contributed by atoms with van der Waals surface area (Å²) in [6.45, 7) is 0.325. The molecule has 3 aromatic rings. The average molecular weight is 399 g/mol. The van der Waals surface area contributed by atoms with Crippen LogP contribution in [0.15, 0.2) is 54.2 Å². The first kappa shape index (κ1) is 17.6. The molecule has 1 saturated heterocycles. The number of anilines is 2. The third-order valence-electron chi connectivity index (χ3n) is 4.31. The number of pyridine rings is 1. The normalized spacial score (nSPS) is 16.6. The average Bonchev–Trinajstić information content (AvgIpc) is 3.29. The molecule has 8 heteroatoms. The molecule has 2 amide bonds. The molecule has 136 valence electrons. The molecule has 1 N–H and O–H groups in total. The van der Waals surface area contributed by atoms with Crippen LogP contribution in [0.4, 0.5) is 10.8 Å². The Bertz CT molecular complexity index is 992. The lowest BCUT2D eigenvalue weighted by Crippen LogP contribution is -2.28. The number of hydrogen-bond acceptors (Lipinski definition) is 5. The highest BCUT2D eigenvalue weighted by atomic mass is 35.5. The number of halogens is 1. The van der Waals surface area contributed by atoms with Crippen molar-refractivity contribution >= 4 is 45.6 Å². The van der Waals surface area contributed by atoms with Crippen LogP contribution < -0.4 is 10.2 Å². The third kappa shape index (κ3) is 3.84. The van der Waals surface area contributed by atoms with E-state index in [1.165, 1.54) is 11.3 Å². The van der Waals surface area contributed by atoms with E-state index >= 15 is 0 Å². The topological polar surface area (TPSA) is 75.2 Å². The number of carbonyl (C=O) groups excluding carboxylic acids is 2. The summed E-state index contributed by atoms with van der Waals surface area (Å²) in [6.07, 6.45) is 3.58. The van der Waals surface area contributed by atoms with Crippen LogP contribution in [0, 0.1) is 5.92 Å². The Balaban J connectivity index is 1.44. The van der Waals surface area contributed by atoms with Gasteiger partial charge in [0, 0.05) is 47.0 Å². The van der Waals surface area contributed by atoms with E-state index < -0.39 is 5.92 Å². The van der Waals surface area contributed by atoms with Gasteiger partial charge in [0.15, 0.2) is 5.13 Å². The minimum atomic E-state index is -0.428. The molecule has 0 aliphatic carbocycles. The summed E-state index contributed by atoms with van der Waals surface area (Å²) < 4.78 is 0. The van der Waals surface area contributed by atoms with E-state index in [2.05, 4.69) is 15.3 Å². The molecule has 27 heavy (non-hydrogen) atoms. The van der Waals surface area contributed by atoms with E-state index in [4.69, 9.17) is 11.6 Å². The van der Waals surface area contributed by atoms with Crippen LogP contribution >= 0.6 is 22.9 Å². The number of aromatic nitrogens is 2. The smallest absolute Gasteiger partial charge is 0.231 e. The number of benzene rings is 1. The fraction of sp³-hybridized carbons (Fsp3) is 0.158. The van der Waals surface area contributed by atoms with Crippen molar-refractivity contribution in [3.05, 3.63) is 59.2 Å². The second-order valence-electron chi connectivity index (χ2n) is 6.15. The fourth-order valence-electron chi connectivity index (χ4n) is 2.96. The minimum Gasteiger partial charge on any atom is -0.312 e. The van der Waals surface area contributed by atoms with E-state index in [1.807, 2.05) is 23.6 Å². The van der Waals surface area contributed by atoms with Gasteiger partial charge in [-0.05, 0) is 30.3 Å². The van der Waals surface area contributed by atoms with Gasteiger partial charge in [-0.2, -0.15) is 0 Å². The number of rotatable bonds is 4. The molecule has 0 bridgehead atoms. The Morgan fingerprint density at radius 3 is 2.96 bits per heavy atom. The van der Waals surface area contributed by atoms with Crippen molar-refractivity contribution in [1.29, 1.82) is 0 Å². The standard InChI is InChI=1S/C19H15ClN4O2S/c20-14-4-1-5-15(8-14)24-10-13(7-17(24)25)18(26)23-19-22-16(11-27-19)12-3-2-6-21-9-12/h1-6,8-9,11,13H,7,10H2,(H,22,23,26)/t13-/m0/s1. The van der Waals surface area contributed by atoms with Crippen LogP contribution in [0.1, 0.15) is 6.42 Å². The molecule has 0 unspecified atom stereocenters. The number of hydrogen-bond donors (Lipinski definition) is 1. The molecular weight excluding hydrogens is 384 g/mol. The molecule has 1 aromatic carbocycles. The Kier molecular flexibility index (Phi) is 4.87. The Labute approximate surface area is 164 Å². The Morgan fingerprint density at radius 1 is 1.30 bits per heavy atom. The zero-order valence-electron chi connectivity index (χ0n) is 14.1. The molecule has 1 aliphatic heterocycles. The maximum Gasteiger partial charge on any atom is 0.231 e. The Hall–Kier alpha value is -2.77. The maximum absolute atomic E-state index is 12.6. The van der Waals surface area contributed by atoms with Gasteiger partial charge in [0.1, 0.15) is 0 Å². The lowest BCUT2D eigenvalue weighted by molar-refractivity contribution is -0.122. The van der Waals surface area contributed by atoms with E-state index in [0.29, 0.717) is 22.4 Å². The van der Waals surface area contributed by atoms with Crippen molar-refractivity contribution in [3.8, 4) is 11.3 Å². The van der Waals surface area contributed by atoms with Gasteiger partial charge in [-0.1, -0.05) is 17.7 Å². The second-order valence-corrected chi connectivity index (χ2v) is 7.45. The van der Waals surface area contributed by atoms with Gasteiger partial charge in [0.05, 0.1) is 11.6 Å². The number of nitrogens with one attached hydrogen (secondary N) is 1. The fourth-order valence-corrected chi connectivity index (χ4v) is 3.87. The number of thiazole rings is 1. The highest BCUT2D eigenvalue weighted by molar-refractivity contribution is 7.14. The molecular formula is C19H15ClN4O2S. The van der Waals surface area contributed by atoms with Crippen molar-refractivity contribution in [3.63, 3.8) is 0 Å². The lowest BCUT2D eigenvalue weighted by Gasteiger charge is -2.16. The molecule has 1 atom stereocenters. The molecule has 0 spiro atoms. The van der Waals surface area contributed by atoms with E-state index in [9.17, 15) is 9.59 Å². The predicted molar refractivity (Wildman–Crippen MR) is 106 cm³/mol. The molecule has 1 fully saturated rings. The first-order chi connectivity index (χ1) is 13.1. The van der Waals surface area contributed by atoms with Gasteiger partial charge < -0.3 is 10.2 Å². The quantitative estimate of drug-likeness (QED) is 0.724. The number of carbonyl (C=O) groups is 2. The number of nitrogens with zero attached hydrogens (tertiary/aromatic N) is 3. The zero-order valence-corrected chi connectivity index (χ0v) is 15.7. The minimum absolute atomic E-state index is 0.0902. The van der Waals surface area contributed by atoms with Crippen LogP contribution in [0.5, 0.6) is 0 Å². The molecule has 4 rings (SSSR count). The van der Waals surface area contributed by atoms with Crippen molar-refractivity contribution in [1.82, 2.24) is 9.97 Å². The van der Waals surface area contributed by atoms with Gasteiger partial charge >= 0.3 is 0 Å². The monoisotopic (exact) mass is 398 g/mol. The first-order valence-electron chi connectivity index (χ1n) is 8.33. The van der Waals surface area contributed by atoms with Gasteiger partial charge in [-0.3, -0.25) is 14.6 Å². The number of amides is 2. The Morgan fingerprint density at radius 2 is 2.19 bits per heavy atom. The van der Waals surface area contributed by atoms with Gasteiger partial charge in [0.25, 0.3) is 0 Å². The highest BCUT2D eigenvalue weighted by Gasteiger charge is 2.35. The van der Waals surface area contributed by atoms with Gasteiger partial charge in [-0.15, -0.1) is 11.3 Å². The SMILES string of the molecule is O=C(Nc1nc(-c2cccnc2)cs1)[C@H]1CC(=O)N(c2cccc(Cl)c2)C1. The highest BCUT2D eigenvalue weighted by Crippen LogP contribution is 2.29. The lowest BCUT2D eigenvalue weighted by atomic mass is 10.1. The molecule has 1 aliphatic rings. The summed E-state index contributed by atoms with van der Waals surface area (Å²) >= 11 is 7.35. The predicted octanol–water partition coefficient (Wildman–Crippen LogP) is 3.85. The zero-order chi connectivity index (χ0) is 18.8. The molecule has 6 nitrogen and oxygen atoms in total. The second kappa shape index (κ2) is 7.46. The summed E-state index contributed by atoms with van der Waals surface area (Å²) in [5.41, 5.74) is 2.35. The molecule has 0 radical (unpaired) electrons. The molecule has 0 saturated carbocycles. The molecule has 2 aromatic heterocycles. The van der Waals surface area contributed by atoms with Gasteiger partial charge in [0.2, 0.25) is 11.8 Å². The van der Waals surface area contributed by atoms with E-state index in [0.717, 1.165) is 11.3 Å². The summed E-state index contributed by atoms with van der Waals surface area (Å²) in [5, 5.41) is 5.75. The summed E-state index contributed by atoms with van der Waals surface area (Å²) in [6, 6.07) is 10.8. The summed E-state index contributed by atoms with van der Waals surface area (Å²) in [7, 11) is 0. The van der Waals surface area contributed by atoms with Crippen LogP contribution in [0.25, 0.3) is 11.3 Å². The van der Waals surface area contributed by atoms with Crippen LogP contribution in [-0.2, 0) is 9.59 Å². The van der Waals surface area contributed by atoms with Crippen molar-refractivity contribution < 1.29 is 9.59 Å². The van der Waals surface area contributed by atoms with Gasteiger partial charge in [-0.25, -0.2) is 4.98 Å². The summed E-state index contributed by atoms with van der Waals surface area (Å²) in [5.74, 6) is -0.727. The molecule has 3 heterocycles.